The maximum Gasteiger partial charge on any atom is 0.124 e. The van der Waals surface area contributed by atoms with E-state index in [1.807, 2.05) is 20.8 Å². The van der Waals surface area contributed by atoms with Crippen molar-refractivity contribution in [3.63, 3.8) is 0 Å². The van der Waals surface area contributed by atoms with E-state index < -0.39 is 6.67 Å². The quantitative estimate of drug-likeness (QED) is 0.858. The smallest absolute Gasteiger partial charge is 0.124 e. The molecule has 0 aliphatic carbocycles. The van der Waals surface area contributed by atoms with Crippen LogP contribution >= 0.6 is 0 Å². The van der Waals surface area contributed by atoms with Crippen LogP contribution in [0.2, 0.25) is 0 Å². The van der Waals surface area contributed by atoms with Crippen LogP contribution in [0.3, 0.4) is 0 Å². The Hall–Kier alpha value is -1.16. The molecule has 0 atom stereocenters. The zero-order valence-electron chi connectivity index (χ0n) is 10.5. The molecule has 0 saturated carbocycles. The lowest BCUT2D eigenvalue weighted by molar-refractivity contribution is 0.269. The van der Waals surface area contributed by atoms with Gasteiger partial charge in [0.25, 0.3) is 0 Å². The molecule has 1 rings (SSSR count). The largest absolute Gasteiger partial charge is 0.491 e. The molecule has 17 heavy (non-hydrogen) atoms. The molecule has 0 spiro atoms. The summed E-state index contributed by atoms with van der Waals surface area (Å²) in [5.74, 6) is 0.212. The molecule has 0 radical (unpaired) electrons. The number of rotatable bonds is 5. The fourth-order valence-electron chi connectivity index (χ4n) is 1.34. The minimum atomic E-state index is -0.552. The Balaban J connectivity index is 2.76. The number of ether oxygens (including phenoxy) is 1. The van der Waals surface area contributed by atoms with Crippen LogP contribution in [-0.2, 0) is 6.54 Å². The number of halogens is 2. The van der Waals surface area contributed by atoms with Crippen LogP contribution in [-0.4, -0.2) is 18.8 Å². The van der Waals surface area contributed by atoms with Crippen LogP contribution in [0.5, 0.6) is 5.75 Å². The zero-order chi connectivity index (χ0) is 12.9. The lowest BCUT2D eigenvalue weighted by Gasteiger charge is -2.21. The second-order valence-electron chi connectivity index (χ2n) is 4.89. The molecule has 0 amide bonds. The van der Waals surface area contributed by atoms with E-state index >= 15 is 0 Å². The van der Waals surface area contributed by atoms with Crippen molar-refractivity contribution in [3.8, 4) is 5.75 Å². The van der Waals surface area contributed by atoms with Gasteiger partial charge in [0.15, 0.2) is 0 Å². The van der Waals surface area contributed by atoms with Gasteiger partial charge in [0.05, 0.1) is 0 Å². The molecular weight excluding hydrogens is 224 g/mol. The Morgan fingerprint density at radius 3 is 2.59 bits per heavy atom. The Morgan fingerprint density at radius 1 is 1.29 bits per heavy atom. The van der Waals surface area contributed by atoms with Crippen LogP contribution in [0.25, 0.3) is 0 Å². The van der Waals surface area contributed by atoms with Crippen LogP contribution in [0.4, 0.5) is 8.78 Å². The Labute approximate surface area is 101 Å². The highest BCUT2D eigenvalue weighted by Gasteiger charge is 2.11. The van der Waals surface area contributed by atoms with Crippen molar-refractivity contribution in [3.05, 3.63) is 29.6 Å². The number of hydrogen-bond donors (Lipinski definition) is 1. The van der Waals surface area contributed by atoms with Gasteiger partial charge in [-0.25, -0.2) is 8.78 Å². The van der Waals surface area contributed by atoms with Gasteiger partial charge >= 0.3 is 0 Å². The standard InChI is InChI=1S/C13H19F2NO/c1-13(2,3)16-9-10-8-11(15)4-5-12(10)17-7-6-14/h4-5,8,16H,6-7,9H2,1-3H3. The summed E-state index contributed by atoms with van der Waals surface area (Å²) in [5.41, 5.74) is 0.636. The van der Waals surface area contributed by atoms with Crippen molar-refractivity contribution in [2.24, 2.45) is 0 Å². The molecule has 0 saturated heterocycles. The molecule has 4 heteroatoms. The predicted molar refractivity (Wildman–Crippen MR) is 64.5 cm³/mol. The molecule has 1 aromatic rings. The first-order chi connectivity index (χ1) is 7.92. The summed E-state index contributed by atoms with van der Waals surface area (Å²) in [4.78, 5) is 0. The third-order valence-corrected chi connectivity index (χ3v) is 2.17. The fraction of sp³-hybridized carbons (Fsp3) is 0.538. The normalized spacial score (nSPS) is 11.6. The van der Waals surface area contributed by atoms with Gasteiger partial charge in [-0.2, -0.15) is 0 Å². The molecule has 0 aliphatic rings. The summed E-state index contributed by atoms with van der Waals surface area (Å²) in [7, 11) is 0. The van der Waals surface area contributed by atoms with Crippen LogP contribution in [0.1, 0.15) is 26.3 Å². The van der Waals surface area contributed by atoms with Crippen molar-refractivity contribution in [1.82, 2.24) is 5.32 Å². The summed E-state index contributed by atoms with van der Waals surface area (Å²) in [6.45, 7) is 6.00. The predicted octanol–water partition coefficient (Wildman–Crippen LogP) is 3.06. The average molecular weight is 243 g/mol. The molecule has 0 unspecified atom stereocenters. The molecular formula is C13H19F2NO. The molecule has 2 nitrogen and oxygen atoms in total. The summed E-state index contributed by atoms with van der Waals surface area (Å²) < 4.78 is 30.4. The molecule has 0 aromatic heterocycles. The number of alkyl halides is 1. The van der Waals surface area contributed by atoms with Gasteiger partial charge < -0.3 is 10.1 Å². The maximum absolute atomic E-state index is 13.1. The summed E-state index contributed by atoms with van der Waals surface area (Å²) in [6.07, 6.45) is 0. The van der Waals surface area contributed by atoms with E-state index in [1.54, 1.807) is 0 Å². The lowest BCUT2D eigenvalue weighted by atomic mass is 10.1. The summed E-state index contributed by atoms with van der Waals surface area (Å²) >= 11 is 0. The van der Waals surface area contributed by atoms with Gasteiger partial charge in [-0.05, 0) is 39.0 Å². The van der Waals surface area contributed by atoms with Gasteiger partial charge in [0.2, 0.25) is 0 Å². The highest BCUT2D eigenvalue weighted by molar-refractivity contribution is 5.34. The summed E-state index contributed by atoms with van der Waals surface area (Å²) in [5, 5.41) is 3.24. The number of hydrogen-bond acceptors (Lipinski definition) is 2. The highest BCUT2D eigenvalue weighted by atomic mass is 19.1. The van der Waals surface area contributed by atoms with Crippen molar-refractivity contribution in [2.75, 3.05) is 13.3 Å². The second kappa shape index (κ2) is 5.96. The van der Waals surface area contributed by atoms with E-state index in [4.69, 9.17) is 4.74 Å². The first kappa shape index (κ1) is 13.9. The maximum atomic E-state index is 13.1. The molecule has 1 N–H and O–H groups in total. The van der Waals surface area contributed by atoms with E-state index in [0.717, 1.165) is 0 Å². The van der Waals surface area contributed by atoms with Gasteiger partial charge in [-0.1, -0.05) is 0 Å². The molecule has 1 aromatic carbocycles. The lowest BCUT2D eigenvalue weighted by Crippen LogP contribution is -2.35. The minimum Gasteiger partial charge on any atom is -0.491 e. The van der Waals surface area contributed by atoms with E-state index in [2.05, 4.69) is 5.32 Å². The number of benzene rings is 1. The van der Waals surface area contributed by atoms with Crippen molar-refractivity contribution in [2.45, 2.75) is 32.9 Å². The highest BCUT2D eigenvalue weighted by Crippen LogP contribution is 2.20. The molecule has 0 bridgehead atoms. The van der Waals surface area contributed by atoms with Crippen LogP contribution < -0.4 is 10.1 Å². The molecule has 0 fully saturated rings. The minimum absolute atomic E-state index is 0.00580. The molecule has 0 aliphatic heterocycles. The van der Waals surface area contributed by atoms with Crippen molar-refractivity contribution < 1.29 is 13.5 Å². The van der Waals surface area contributed by atoms with Gasteiger partial charge in [-0.15, -0.1) is 0 Å². The zero-order valence-corrected chi connectivity index (χ0v) is 10.5. The fourth-order valence-corrected chi connectivity index (χ4v) is 1.34. The first-order valence-corrected chi connectivity index (χ1v) is 5.64. The van der Waals surface area contributed by atoms with Crippen molar-refractivity contribution in [1.29, 1.82) is 0 Å². The van der Waals surface area contributed by atoms with Gasteiger partial charge in [-0.3, -0.25) is 0 Å². The third-order valence-electron chi connectivity index (χ3n) is 2.17. The van der Waals surface area contributed by atoms with E-state index in [9.17, 15) is 8.78 Å². The van der Waals surface area contributed by atoms with E-state index in [1.165, 1.54) is 18.2 Å². The topological polar surface area (TPSA) is 21.3 Å². The SMILES string of the molecule is CC(C)(C)NCc1cc(F)ccc1OCCF. The Kier molecular flexibility index (Phi) is 4.87. The van der Waals surface area contributed by atoms with Crippen LogP contribution in [0.15, 0.2) is 18.2 Å². The Bertz CT molecular complexity index is 361. The van der Waals surface area contributed by atoms with E-state index in [-0.39, 0.29) is 18.0 Å². The average Bonchev–Trinajstić information content (AvgIpc) is 2.24. The van der Waals surface area contributed by atoms with Crippen LogP contribution in [0, 0.1) is 5.82 Å². The van der Waals surface area contributed by atoms with Crippen molar-refractivity contribution >= 4 is 0 Å². The van der Waals surface area contributed by atoms with Gasteiger partial charge in [0, 0.05) is 17.6 Å². The number of nitrogens with one attached hydrogen (secondary N) is 1. The third kappa shape index (κ3) is 5.13. The Morgan fingerprint density at radius 2 is 2.00 bits per heavy atom. The molecule has 0 heterocycles. The van der Waals surface area contributed by atoms with Gasteiger partial charge in [0.1, 0.15) is 24.8 Å². The second-order valence-corrected chi connectivity index (χ2v) is 4.89. The monoisotopic (exact) mass is 243 g/mol. The van der Waals surface area contributed by atoms with E-state index in [0.29, 0.717) is 17.9 Å². The molecule has 96 valence electrons. The first-order valence-electron chi connectivity index (χ1n) is 5.64. The summed E-state index contributed by atoms with van der Waals surface area (Å²) in [6, 6.07) is 4.26.